The topological polar surface area (TPSA) is 79.8 Å². The maximum Gasteiger partial charge on any atom is 0.329 e. The largest absolute Gasteiger partial charge is 0.488 e. The van der Waals surface area contributed by atoms with E-state index in [0.29, 0.717) is 22.9 Å². The predicted octanol–water partition coefficient (Wildman–Crippen LogP) is 2.98. The SMILES string of the molecule is C=CCNC(=O)C(=O)N/N=C\c1cc(Cl)ccc1OCc1ccc(C)cc1. The van der Waals surface area contributed by atoms with Crippen molar-refractivity contribution in [3.8, 4) is 5.75 Å². The molecule has 140 valence electrons. The zero-order valence-corrected chi connectivity index (χ0v) is 15.6. The molecule has 0 aromatic heterocycles. The predicted molar refractivity (Wildman–Crippen MR) is 106 cm³/mol. The van der Waals surface area contributed by atoms with Crippen LogP contribution in [0.2, 0.25) is 5.02 Å². The number of hydrogen-bond acceptors (Lipinski definition) is 4. The minimum Gasteiger partial charge on any atom is -0.488 e. The Labute approximate surface area is 162 Å². The molecular formula is C20H20ClN3O3. The molecule has 0 saturated heterocycles. The molecule has 0 fully saturated rings. The van der Waals surface area contributed by atoms with E-state index in [4.69, 9.17) is 16.3 Å². The van der Waals surface area contributed by atoms with Crippen molar-refractivity contribution in [3.05, 3.63) is 76.8 Å². The van der Waals surface area contributed by atoms with E-state index in [9.17, 15) is 9.59 Å². The molecule has 0 unspecified atom stereocenters. The van der Waals surface area contributed by atoms with Crippen LogP contribution in [0.1, 0.15) is 16.7 Å². The molecular weight excluding hydrogens is 366 g/mol. The highest BCUT2D eigenvalue weighted by atomic mass is 35.5. The van der Waals surface area contributed by atoms with Crippen molar-refractivity contribution in [3.63, 3.8) is 0 Å². The fourth-order valence-corrected chi connectivity index (χ4v) is 2.23. The molecule has 0 atom stereocenters. The number of carbonyl (C=O) groups is 2. The van der Waals surface area contributed by atoms with Gasteiger partial charge in [0.15, 0.2) is 0 Å². The van der Waals surface area contributed by atoms with Gasteiger partial charge in [-0.05, 0) is 30.7 Å². The van der Waals surface area contributed by atoms with E-state index < -0.39 is 11.8 Å². The fraction of sp³-hybridized carbons (Fsp3) is 0.150. The molecule has 0 aliphatic heterocycles. The summed E-state index contributed by atoms with van der Waals surface area (Å²) < 4.78 is 5.82. The van der Waals surface area contributed by atoms with Gasteiger partial charge in [0, 0.05) is 17.1 Å². The van der Waals surface area contributed by atoms with Crippen LogP contribution in [0.25, 0.3) is 0 Å². The zero-order chi connectivity index (χ0) is 19.6. The lowest BCUT2D eigenvalue weighted by atomic mass is 10.1. The van der Waals surface area contributed by atoms with E-state index in [1.54, 1.807) is 18.2 Å². The quantitative estimate of drug-likeness (QED) is 0.333. The molecule has 0 heterocycles. The third-order valence-electron chi connectivity index (χ3n) is 3.47. The molecule has 0 spiro atoms. The number of rotatable bonds is 7. The Morgan fingerprint density at radius 3 is 2.63 bits per heavy atom. The lowest BCUT2D eigenvalue weighted by Crippen LogP contribution is -2.37. The van der Waals surface area contributed by atoms with Crippen molar-refractivity contribution in [2.75, 3.05) is 6.54 Å². The summed E-state index contributed by atoms with van der Waals surface area (Å²) in [6.07, 6.45) is 2.84. The van der Waals surface area contributed by atoms with Crippen molar-refractivity contribution >= 4 is 29.6 Å². The van der Waals surface area contributed by atoms with Crippen molar-refractivity contribution in [1.82, 2.24) is 10.7 Å². The van der Waals surface area contributed by atoms with Gasteiger partial charge in [0.25, 0.3) is 0 Å². The Morgan fingerprint density at radius 1 is 1.19 bits per heavy atom. The summed E-state index contributed by atoms with van der Waals surface area (Å²) in [7, 11) is 0. The van der Waals surface area contributed by atoms with Gasteiger partial charge in [-0.25, -0.2) is 5.43 Å². The Morgan fingerprint density at radius 2 is 1.93 bits per heavy atom. The molecule has 27 heavy (non-hydrogen) atoms. The molecule has 6 nitrogen and oxygen atoms in total. The Kier molecular flexibility index (Phi) is 7.58. The number of ether oxygens (including phenoxy) is 1. The van der Waals surface area contributed by atoms with Gasteiger partial charge in [-0.2, -0.15) is 5.10 Å². The van der Waals surface area contributed by atoms with E-state index in [1.165, 1.54) is 17.9 Å². The first kappa shape index (κ1) is 20.2. The first-order valence-corrected chi connectivity index (χ1v) is 8.57. The van der Waals surface area contributed by atoms with Crippen LogP contribution < -0.4 is 15.5 Å². The number of nitrogens with zero attached hydrogens (tertiary/aromatic N) is 1. The highest BCUT2D eigenvalue weighted by Gasteiger charge is 2.11. The Balaban J connectivity index is 2.02. The van der Waals surface area contributed by atoms with Gasteiger partial charge in [-0.3, -0.25) is 9.59 Å². The number of hydrogen-bond donors (Lipinski definition) is 2. The number of halogens is 1. The smallest absolute Gasteiger partial charge is 0.329 e. The summed E-state index contributed by atoms with van der Waals surface area (Å²) in [6, 6.07) is 13.1. The molecule has 2 rings (SSSR count). The van der Waals surface area contributed by atoms with Gasteiger partial charge in [0.1, 0.15) is 12.4 Å². The number of hydrazone groups is 1. The fourth-order valence-electron chi connectivity index (χ4n) is 2.05. The maximum absolute atomic E-state index is 11.6. The zero-order valence-electron chi connectivity index (χ0n) is 14.9. The van der Waals surface area contributed by atoms with Crippen LogP contribution in [0.4, 0.5) is 0 Å². The summed E-state index contributed by atoms with van der Waals surface area (Å²) in [4.78, 5) is 23.1. The Hall–Kier alpha value is -3.12. The van der Waals surface area contributed by atoms with E-state index in [-0.39, 0.29) is 6.54 Å². The van der Waals surface area contributed by atoms with Crippen LogP contribution in [0.3, 0.4) is 0 Å². The van der Waals surface area contributed by atoms with Crippen LogP contribution in [-0.2, 0) is 16.2 Å². The third-order valence-corrected chi connectivity index (χ3v) is 3.70. The Bertz CT molecular complexity index is 848. The van der Waals surface area contributed by atoms with E-state index in [2.05, 4.69) is 22.4 Å². The molecule has 2 amide bonds. The number of nitrogens with one attached hydrogen (secondary N) is 2. The average Bonchev–Trinajstić information content (AvgIpc) is 2.66. The van der Waals surface area contributed by atoms with Gasteiger partial charge in [-0.15, -0.1) is 6.58 Å². The lowest BCUT2D eigenvalue weighted by molar-refractivity contribution is -0.139. The van der Waals surface area contributed by atoms with Crippen molar-refractivity contribution in [2.24, 2.45) is 5.10 Å². The normalized spacial score (nSPS) is 10.4. The van der Waals surface area contributed by atoms with E-state index >= 15 is 0 Å². The van der Waals surface area contributed by atoms with E-state index in [1.807, 2.05) is 31.2 Å². The van der Waals surface area contributed by atoms with Crippen LogP contribution >= 0.6 is 11.6 Å². The second-order valence-electron chi connectivity index (χ2n) is 5.65. The van der Waals surface area contributed by atoms with Crippen molar-refractivity contribution in [1.29, 1.82) is 0 Å². The van der Waals surface area contributed by atoms with Crippen molar-refractivity contribution < 1.29 is 14.3 Å². The van der Waals surface area contributed by atoms with Gasteiger partial charge in [0.2, 0.25) is 0 Å². The summed E-state index contributed by atoms with van der Waals surface area (Å²) in [5.41, 5.74) is 4.91. The van der Waals surface area contributed by atoms with Crippen LogP contribution in [-0.4, -0.2) is 24.6 Å². The molecule has 0 radical (unpaired) electrons. The van der Waals surface area contributed by atoms with Crippen LogP contribution in [0.15, 0.2) is 60.2 Å². The maximum atomic E-state index is 11.6. The van der Waals surface area contributed by atoms with Crippen LogP contribution in [0, 0.1) is 6.92 Å². The van der Waals surface area contributed by atoms with Gasteiger partial charge < -0.3 is 10.1 Å². The standard InChI is InChI=1S/C20H20ClN3O3/c1-3-10-22-19(25)20(26)24-23-12-16-11-17(21)8-9-18(16)27-13-15-6-4-14(2)5-7-15/h3-9,11-12H,1,10,13H2,2H3,(H,22,25)(H,24,26)/b23-12-. The molecule has 2 aromatic carbocycles. The molecule has 2 aromatic rings. The molecule has 7 heteroatoms. The third kappa shape index (κ3) is 6.60. The minimum absolute atomic E-state index is 0.196. The summed E-state index contributed by atoms with van der Waals surface area (Å²) in [6.45, 7) is 6.04. The number of amides is 2. The van der Waals surface area contributed by atoms with Gasteiger partial charge in [0.05, 0.1) is 6.21 Å². The molecule has 0 bridgehead atoms. The summed E-state index contributed by atoms with van der Waals surface area (Å²) in [5.74, 6) is -1.12. The molecule has 2 N–H and O–H groups in total. The monoisotopic (exact) mass is 385 g/mol. The molecule has 0 aliphatic rings. The number of carbonyl (C=O) groups excluding carboxylic acids is 2. The molecule has 0 saturated carbocycles. The lowest BCUT2D eigenvalue weighted by Gasteiger charge is -2.10. The second-order valence-corrected chi connectivity index (χ2v) is 6.09. The summed E-state index contributed by atoms with van der Waals surface area (Å²) >= 11 is 6.02. The first-order valence-electron chi connectivity index (χ1n) is 8.19. The number of aryl methyl sites for hydroxylation is 1. The highest BCUT2D eigenvalue weighted by Crippen LogP contribution is 2.22. The van der Waals surface area contributed by atoms with Crippen LogP contribution in [0.5, 0.6) is 5.75 Å². The van der Waals surface area contributed by atoms with E-state index in [0.717, 1.165) is 5.56 Å². The second kappa shape index (κ2) is 10.1. The summed E-state index contributed by atoms with van der Waals surface area (Å²) in [5, 5.41) is 6.64. The minimum atomic E-state index is -0.878. The number of benzene rings is 2. The highest BCUT2D eigenvalue weighted by molar-refractivity contribution is 6.35. The van der Waals surface area contributed by atoms with Gasteiger partial charge >= 0.3 is 11.8 Å². The average molecular weight is 386 g/mol. The first-order chi connectivity index (χ1) is 13.0. The van der Waals surface area contributed by atoms with Crippen molar-refractivity contribution in [2.45, 2.75) is 13.5 Å². The molecule has 0 aliphatic carbocycles. The van der Waals surface area contributed by atoms with Gasteiger partial charge in [-0.1, -0.05) is 47.5 Å².